The van der Waals surface area contributed by atoms with E-state index in [2.05, 4.69) is 15.5 Å². The minimum Gasteiger partial charge on any atom is -0.486 e. The van der Waals surface area contributed by atoms with Gasteiger partial charge in [-0.2, -0.15) is 0 Å². The molecule has 0 saturated heterocycles. The number of para-hydroxylation sites is 1. The highest BCUT2D eigenvalue weighted by molar-refractivity contribution is 7.99. The molecule has 1 amide bonds. The summed E-state index contributed by atoms with van der Waals surface area (Å²) < 4.78 is 10.9. The molecule has 9 nitrogen and oxygen atoms in total. The second-order valence-electron chi connectivity index (χ2n) is 7.66. The minimum absolute atomic E-state index is 0.0787. The van der Waals surface area contributed by atoms with E-state index in [4.69, 9.17) is 16.3 Å². The Hall–Kier alpha value is -3.50. The van der Waals surface area contributed by atoms with Crippen LogP contribution in [0.4, 0.5) is 5.69 Å². The Kier molecular flexibility index (Phi) is 7.62. The third kappa shape index (κ3) is 5.44. The third-order valence-electron chi connectivity index (χ3n) is 5.44. The number of ether oxygens (including phenoxy) is 1. The van der Waals surface area contributed by atoms with Gasteiger partial charge in [0.2, 0.25) is 5.91 Å². The molecule has 2 aromatic carbocycles. The molecule has 0 aliphatic heterocycles. The van der Waals surface area contributed by atoms with E-state index in [0.29, 0.717) is 34.0 Å². The molecule has 1 N–H and O–H groups in total. The van der Waals surface area contributed by atoms with Crippen molar-refractivity contribution in [3.05, 3.63) is 81.5 Å². The zero-order valence-corrected chi connectivity index (χ0v) is 21.1. The van der Waals surface area contributed by atoms with E-state index in [1.165, 1.54) is 16.4 Å². The number of hydrogen-bond acceptors (Lipinski definition) is 6. The summed E-state index contributed by atoms with van der Waals surface area (Å²) in [5.41, 5.74) is 1.36. The Bertz CT molecular complexity index is 1380. The van der Waals surface area contributed by atoms with E-state index < -0.39 is 0 Å². The van der Waals surface area contributed by atoms with Crippen molar-refractivity contribution in [2.75, 3.05) is 11.1 Å². The van der Waals surface area contributed by atoms with E-state index in [1.807, 2.05) is 41.8 Å². The van der Waals surface area contributed by atoms with Gasteiger partial charge < -0.3 is 14.6 Å². The summed E-state index contributed by atoms with van der Waals surface area (Å²) in [7, 11) is 1.78. The van der Waals surface area contributed by atoms with Crippen LogP contribution in [0.15, 0.2) is 64.5 Å². The molecule has 0 radical (unpaired) electrons. The van der Waals surface area contributed by atoms with Crippen LogP contribution in [0.5, 0.6) is 5.75 Å². The molecular formula is C24H25ClN6O3S. The number of hydrogen-bond donors (Lipinski definition) is 1. The smallest absolute Gasteiger partial charge is 0.295 e. The fourth-order valence-corrected chi connectivity index (χ4v) is 4.49. The zero-order valence-electron chi connectivity index (χ0n) is 19.6. The second kappa shape index (κ2) is 10.8. The van der Waals surface area contributed by atoms with Crippen molar-refractivity contribution in [3.63, 3.8) is 0 Å². The van der Waals surface area contributed by atoms with Gasteiger partial charge in [0, 0.05) is 18.6 Å². The van der Waals surface area contributed by atoms with Gasteiger partial charge >= 0.3 is 0 Å². The van der Waals surface area contributed by atoms with Crippen LogP contribution in [0.25, 0.3) is 5.69 Å². The summed E-state index contributed by atoms with van der Waals surface area (Å²) in [5, 5.41) is 12.4. The zero-order chi connectivity index (χ0) is 24.9. The standard InChI is InChI=1S/C24H25ClN6O3S/c1-4-30-20(14-34-19-12-10-17(25)11-13-19)27-28-24(30)35-15-21(32)26-22-16(2)29(3)31(23(22)33)18-8-6-5-7-9-18/h5-13H,4,14-15H2,1-3H3,(H,26,32). The number of nitrogens with one attached hydrogen (secondary N) is 1. The Morgan fingerprint density at radius 3 is 2.51 bits per heavy atom. The predicted octanol–water partition coefficient (Wildman–Crippen LogP) is 4.06. The Balaban J connectivity index is 1.41. The maximum Gasteiger partial charge on any atom is 0.295 e. The van der Waals surface area contributed by atoms with Crippen molar-refractivity contribution in [1.29, 1.82) is 0 Å². The van der Waals surface area contributed by atoms with Gasteiger partial charge in [0.15, 0.2) is 11.0 Å². The first-order valence-electron chi connectivity index (χ1n) is 11.0. The number of thioether (sulfide) groups is 1. The molecule has 0 aliphatic carbocycles. The van der Waals surface area contributed by atoms with Gasteiger partial charge in [-0.3, -0.25) is 14.3 Å². The molecule has 2 aromatic heterocycles. The number of rotatable bonds is 9. The first kappa shape index (κ1) is 24.6. The van der Waals surface area contributed by atoms with Gasteiger partial charge in [-0.15, -0.1) is 10.2 Å². The minimum atomic E-state index is -0.300. The van der Waals surface area contributed by atoms with E-state index in [-0.39, 0.29) is 29.5 Å². The van der Waals surface area contributed by atoms with Crippen LogP contribution < -0.4 is 15.6 Å². The van der Waals surface area contributed by atoms with Crippen molar-refractivity contribution < 1.29 is 9.53 Å². The van der Waals surface area contributed by atoms with Crippen molar-refractivity contribution in [2.45, 2.75) is 32.2 Å². The van der Waals surface area contributed by atoms with Crippen LogP contribution in [0.1, 0.15) is 18.4 Å². The van der Waals surface area contributed by atoms with Crippen LogP contribution >= 0.6 is 23.4 Å². The molecule has 4 rings (SSSR count). The van der Waals surface area contributed by atoms with Gasteiger partial charge in [-0.25, -0.2) is 4.68 Å². The number of anilines is 1. The summed E-state index contributed by atoms with van der Waals surface area (Å²) in [6, 6.07) is 16.4. The molecule has 0 aliphatic rings. The number of carbonyl (C=O) groups is 1. The van der Waals surface area contributed by atoms with Crippen LogP contribution in [0, 0.1) is 6.92 Å². The summed E-state index contributed by atoms with van der Waals surface area (Å²) in [6.07, 6.45) is 0. The van der Waals surface area contributed by atoms with Crippen LogP contribution in [0.3, 0.4) is 0 Å². The summed E-state index contributed by atoms with van der Waals surface area (Å²) >= 11 is 7.16. The maximum absolute atomic E-state index is 13.0. The van der Waals surface area contributed by atoms with Crippen LogP contribution in [-0.4, -0.2) is 35.8 Å². The molecule has 182 valence electrons. The molecule has 0 bridgehead atoms. The molecule has 4 aromatic rings. The van der Waals surface area contributed by atoms with Gasteiger partial charge in [0.05, 0.1) is 17.1 Å². The average Bonchev–Trinajstić information content (AvgIpc) is 3.36. The summed E-state index contributed by atoms with van der Waals surface area (Å²) in [5.74, 6) is 1.10. The lowest BCUT2D eigenvalue weighted by Gasteiger charge is -2.09. The monoisotopic (exact) mass is 512 g/mol. The largest absolute Gasteiger partial charge is 0.486 e. The van der Waals surface area contributed by atoms with Crippen molar-refractivity contribution in [3.8, 4) is 11.4 Å². The number of carbonyl (C=O) groups excluding carboxylic acids is 1. The quantitative estimate of drug-likeness (QED) is 0.340. The molecule has 11 heteroatoms. The lowest BCUT2D eigenvalue weighted by Crippen LogP contribution is -2.23. The normalized spacial score (nSPS) is 11.0. The number of benzene rings is 2. The summed E-state index contributed by atoms with van der Waals surface area (Å²) in [6.45, 7) is 4.62. The van der Waals surface area contributed by atoms with Crippen LogP contribution in [0.2, 0.25) is 5.02 Å². The Morgan fingerprint density at radius 1 is 1.11 bits per heavy atom. The van der Waals surface area contributed by atoms with E-state index in [0.717, 1.165) is 5.69 Å². The Labute approximate surface area is 211 Å². The van der Waals surface area contributed by atoms with Gasteiger partial charge in [-0.1, -0.05) is 41.6 Å². The highest BCUT2D eigenvalue weighted by Crippen LogP contribution is 2.21. The second-order valence-corrected chi connectivity index (χ2v) is 9.04. The maximum atomic E-state index is 13.0. The Morgan fingerprint density at radius 2 is 1.83 bits per heavy atom. The van der Waals surface area contributed by atoms with Gasteiger partial charge in [0.25, 0.3) is 5.56 Å². The molecule has 0 saturated carbocycles. The lowest BCUT2D eigenvalue weighted by molar-refractivity contribution is -0.113. The topological polar surface area (TPSA) is 96.0 Å². The van der Waals surface area contributed by atoms with E-state index >= 15 is 0 Å². The fraction of sp³-hybridized carbons (Fsp3) is 0.250. The molecule has 2 heterocycles. The first-order valence-corrected chi connectivity index (χ1v) is 12.3. The van der Waals surface area contributed by atoms with E-state index in [1.54, 1.807) is 42.9 Å². The van der Waals surface area contributed by atoms with Crippen molar-refractivity contribution in [1.82, 2.24) is 24.1 Å². The molecule has 35 heavy (non-hydrogen) atoms. The SMILES string of the molecule is CCn1c(COc2ccc(Cl)cc2)nnc1SCC(=O)Nc1c(C)n(C)n(-c2ccccc2)c1=O. The van der Waals surface area contributed by atoms with Crippen molar-refractivity contribution >= 4 is 35.0 Å². The highest BCUT2D eigenvalue weighted by Gasteiger charge is 2.19. The number of aromatic nitrogens is 5. The van der Waals surface area contributed by atoms with Crippen LogP contribution in [-0.2, 0) is 25.0 Å². The lowest BCUT2D eigenvalue weighted by atomic mass is 10.3. The molecular weight excluding hydrogens is 488 g/mol. The molecule has 0 atom stereocenters. The third-order valence-corrected chi connectivity index (χ3v) is 6.66. The first-order chi connectivity index (χ1) is 16.9. The van der Waals surface area contributed by atoms with E-state index in [9.17, 15) is 9.59 Å². The van der Waals surface area contributed by atoms with Gasteiger partial charge in [0.1, 0.15) is 18.0 Å². The highest BCUT2D eigenvalue weighted by atomic mass is 35.5. The average molecular weight is 513 g/mol. The number of amides is 1. The van der Waals surface area contributed by atoms with Gasteiger partial charge in [-0.05, 0) is 50.2 Å². The molecule has 0 spiro atoms. The predicted molar refractivity (Wildman–Crippen MR) is 137 cm³/mol. The fourth-order valence-electron chi connectivity index (χ4n) is 3.55. The number of halogens is 1. The molecule has 0 unspecified atom stereocenters. The summed E-state index contributed by atoms with van der Waals surface area (Å²) in [4.78, 5) is 25.7. The van der Waals surface area contributed by atoms with Crippen molar-refractivity contribution in [2.24, 2.45) is 7.05 Å². The molecule has 0 fully saturated rings. The number of nitrogens with zero attached hydrogens (tertiary/aromatic N) is 5.